The Morgan fingerprint density at radius 1 is 0.706 bits per heavy atom. The molecule has 0 aliphatic heterocycles. The minimum Gasteiger partial charge on any atom is -0.466 e. The van der Waals surface area contributed by atoms with E-state index >= 15 is 0 Å². The van der Waals surface area contributed by atoms with Crippen molar-refractivity contribution < 1.29 is 69.8 Å². The maximum absolute atomic E-state index is 9.82. The van der Waals surface area contributed by atoms with E-state index in [-0.39, 0.29) is 66.2 Å². The summed E-state index contributed by atoms with van der Waals surface area (Å²) in [4.78, 5) is 9.82. The molecule has 17 heavy (non-hydrogen) atoms. The fraction of sp³-hybridized carbons (Fsp3) is 0.750. The molecule has 0 rings (SSSR count). The van der Waals surface area contributed by atoms with Gasteiger partial charge in [-0.25, -0.2) is 0 Å². The first-order chi connectivity index (χ1) is 2.77. The van der Waals surface area contributed by atoms with E-state index in [1.54, 1.807) is 6.92 Å². The van der Waals surface area contributed by atoms with Gasteiger partial charge in [-0.1, -0.05) is 0 Å². The average molecular weight is 286 g/mol. The van der Waals surface area contributed by atoms with E-state index in [4.69, 9.17) is 0 Å². The highest BCUT2D eigenvalue weighted by atomic mass is 16.5. The molecule has 0 aliphatic carbocycles. The lowest BCUT2D eigenvalue weighted by atomic mass is 10.8. The van der Waals surface area contributed by atoms with Crippen LogP contribution in [-0.2, 0) is 9.53 Å². The molecule has 0 atom stereocenters. The molecule has 0 radical (unpaired) electrons. The smallest absolute Gasteiger partial charge is 0.302 e. The lowest BCUT2D eigenvalue weighted by Crippen LogP contribution is -1.95. The Kier molecular flexibility index (Phi) is 2390. The van der Waals surface area contributed by atoms with Crippen molar-refractivity contribution >= 4 is 5.97 Å². The zero-order valence-corrected chi connectivity index (χ0v) is 9.52. The molecule has 124 valence electrons. The molecule has 0 saturated heterocycles. The predicted octanol–water partition coefficient (Wildman–Crippen LogP) is -8.50. The molecule has 0 fully saturated rings. The maximum Gasteiger partial charge on any atom is 0.302 e. The van der Waals surface area contributed by atoms with E-state index in [1.165, 1.54) is 6.92 Å². The summed E-state index contributed by atoms with van der Waals surface area (Å²) in [5.74, 6) is -0.211. The zero-order valence-electron chi connectivity index (χ0n) is 9.52. The van der Waals surface area contributed by atoms with E-state index < -0.39 is 0 Å². The van der Waals surface area contributed by atoms with Gasteiger partial charge in [-0.3, -0.25) is 4.79 Å². The van der Waals surface area contributed by atoms with Gasteiger partial charge < -0.3 is 65.0 Å². The number of esters is 1. The molecule has 0 amide bonds. The van der Waals surface area contributed by atoms with Crippen LogP contribution in [0.4, 0.5) is 0 Å². The lowest BCUT2D eigenvalue weighted by Gasteiger charge is -1.89. The maximum atomic E-state index is 9.82. The van der Waals surface area contributed by atoms with Gasteiger partial charge in [0.2, 0.25) is 0 Å². The molecule has 0 aromatic rings. The van der Waals surface area contributed by atoms with Crippen LogP contribution in [-0.4, -0.2) is 72.8 Å². The number of ether oxygens (including phenoxy) is 1. The summed E-state index contributed by atoms with van der Waals surface area (Å²) in [6.07, 6.45) is 0. The Morgan fingerprint density at radius 2 is 0.882 bits per heavy atom. The molecule has 0 aromatic heterocycles. The molecule has 0 bridgehead atoms. The molecular formula is C4H30O13. The van der Waals surface area contributed by atoms with Gasteiger partial charge in [-0.05, 0) is 6.92 Å². The molecule has 0 unspecified atom stereocenters. The van der Waals surface area contributed by atoms with Crippen molar-refractivity contribution in [2.45, 2.75) is 13.8 Å². The fourth-order valence-electron chi connectivity index (χ4n) is 0.203. The Morgan fingerprint density at radius 3 is 0.882 bits per heavy atom. The van der Waals surface area contributed by atoms with Crippen LogP contribution in [0.3, 0.4) is 0 Å². The van der Waals surface area contributed by atoms with E-state index in [0.717, 1.165) is 0 Å². The number of hydrogen-bond donors (Lipinski definition) is 0. The van der Waals surface area contributed by atoms with Crippen LogP contribution in [0, 0.1) is 0 Å². The molecule has 0 saturated carbocycles. The van der Waals surface area contributed by atoms with Crippen molar-refractivity contribution in [3.63, 3.8) is 0 Å². The Hall–Kier alpha value is -0.970. The normalized spacial score (nSPS) is 2.71. The van der Waals surface area contributed by atoms with Gasteiger partial charge >= 0.3 is 5.97 Å². The van der Waals surface area contributed by atoms with Crippen molar-refractivity contribution in [3.05, 3.63) is 0 Å². The van der Waals surface area contributed by atoms with Crippen LogP contribution < -0.4 is 0 Å². The second kappa shape index (κ2) is 182. The number of carbonyl (C=O) groups excluding carboxylic acids is 1. The first-order valence-corrected chi connectivity index (χ1v) is 1.90. The average Bonchev–Trinajstić information content (AvgIpc) is 1.35. The van der Waals surface area contributed by atoms with Crippen LogP contribution in [0.5, 0.6) is 0 Å². The van der Waals surface area contributed by atoms with Gasteiger partial charge in [0.1, 0.15) is 0 Å². The van der Waals surface area contributed by atoms with Gasteiger partial charge in [-0.2, -0.15) is 0 Å². The minimum absolute atomic E-state index is 0. The molecule has 0 heterocycles. The Bertz CT molecular complexity index is 57.4. The Labute approximate surface area is 97.4 Å². The molecule has 0 spiro atoms. The van der Waals surface area contributed by atoms with Crippen LogP contribution in [0.1, 0.15) is 13.8 Å². The summed E-state index contributed by atoms with van der Waals surface area (Å²) in [5.41, 5.74) is 0. The highest BCUT2D eigenvalue weighted by Gasteiger charge is 1.81. The van der Waals surface area contributed by atoms with E-state index in [0.29, 0.717) is 6.61 Å². The first-order valence-electron chi connectivity index (χ1n) is 1.90. The molecular weight excluding hydrogens is 256 g/mol. The summed E-state index contributed by atoms with van der Waals surface area (Å²) in [7, 11) is 0. The summed E-state index contributed by atoms with van der Waals surface area (Å²) in [5, 5.41) is 0. The van der Waals surface area contributed by atoms with E-state index in [2.05, 4.69) is 4.74 Å². The SMILES string of the molecule is CCOC(C)=O.O.O.O.O.O.O.O.O.O.O.O. The number of carbonyl (C=O) groups is 1. The van der Waals surface area contributed by atoms with E-state index in [9.17, 15) is 4.79 Å². The van der Waals surface area contributed by atoms with Crippen molar-refractivity contribution in [1.29, 1.82) is 0 Å². The third kappa shape index (κ3) is 619. The quantitative estimate of drug-likeness (QED) is 0.423. The molecule has 22 N–H and O–H groups in total. The molecule has 0 aliphatic rings. The van der Waals surface area contributed by atoms with Crippen molar-refractivity contribution in [3.8, 4) is 0 Å². The van der Waals surface area contributed by atoms with Crippen LogP contribution in [0.25, 0.3) is 0 Å². The molecule has 13 nitrogen and oxygen atoms in total. The predicted molar refractivity (Wildman–Crippen MR) is 62.1 cm³/mol. The Balaban J connectivity index is -0.00000000227. The second-order valence-corrected chi connectivity index (χ2v) is 0.925. The van der Waals surface area contributed by atoms with E-state index in [1.807, 2.05) is 0 Å². The highest BCUT2D eigenvalue weighted by Crippen LogP contribution is 1.69. The standard InChI is InChI=1S/C4H8O2.11H2O/c1-3-6-4(2)5;;;;;;;;;;;/h3H2,1-2H3;11*1H2. The highest BCUT2D eigenvalue weighted by molar-refractivity contribution is 5.65. The monoisotopic (exact) mass is 286 g/mol. The van der Waals surface area contributed by atoms with Crippen LogP contribution in [0.15, 0.2) is 0 Å². The lowest BCUT2D eigenvalue weighted by molar-refractivity contribution is -0.140. The topological polar surface area (TPSA) is 373 Å². The summed E-state index contributed by atoms with van der Waals surface area (Å²) in [6.45, 7) is 3.65. The summed E-state index contributed by atoms with van der Waals surface area (Å²) in [6, 6.07) is 0. The van der Waals surface area contributed by atoms with Crippen LogP contribution in [0.2, 0.25) is 0 Å². The van der Waals surface area contributed by atoms with Gasteiger partial charge in [-0.15, -0.1) is 0 Å². The van der Waals surface area contributed by atoms with Gasteiger partial charge in [0, 0.05) is 6.92 Å². The third-order valence-corrected chi connectivity index (χ3v) is 0.348. The number of hydrogen-bond acceptors (Lipinski definition) is 2. The molecule has 0 aromatic carbocycles. The van der Waals surface area contributed by atoms with Crippen molar-refractivity contribution in [2.24, 2.45) is 0 Å². The minimum atomic E-state index is -0.211. The second-order valence-electron chi connectivity index (χ2n) is 0.925. The third-order valence-electron chi connectivity index (χ3n) is 0.348. The summed E-state index contributed by atoms with van der Waals surface area (Å²) < 4.78 is 4.40. The van der Waals surface area contributed by atoms with Gasteiger partial charge in [0.15, 0.2) is 0 Å². The van der Waals surface area contributed by atoms with Crippen LogP contribution >= 0.6 is 0 Å². The summed E-state index contributed by atoms with van der Waals surface area (Å²) >= 11 is 0. The van der Waals surface area contributed by atoms with Gasteiger partial charge in [0.25, 0.3) is 0 Å². The number of rotatable bonds is 1. The fourth-order valence-corrected chi connectivity index (χ4v) is 0.203. The largest absolute Gasteiger partial charge is 0.466 e. The first kappa shape index (κ1) is 223. The van der Waals surface area contributed by atoms with Gasteiger partial charge in [0.05, 0.1) is 6.61 Å². The molecule has 13 heteroatoms. The van der Waals surface area contributed by atoms with Crippen molar-refractivity contribution in [1.82, 2.24) is 0 Å². The zero-order chi connectivity index (χ0) is 4.99. The van der Waals surface area contributed by atoms with Crippen molar-refractivity contribution in [2.75, 3.05) is 6.61 Å².